The Bertz CT molecular complexity index is 1730. The van der Waals surface area contributed by atoms with Crippen molar-refractivity contribution in [3.8, 4) is 11.1 Å². The zero-order chi connectivity index (χ0) is 30.3. The Morgan fingerprint density at radius 2 is 1.45 bits per heavy atom. The van der Waals surface area contributed by atoms with Crippen molar-refractivity contribution in [2.24, 2.45) is 5.92 Å². The summed E-state index contributed by atoms with van der Waals surface area (Å²) in [6.45, 7) is 9.84. The molecule has 0 unspecified atom stereocenters. The number of carbonyl (C=O) groups is 3. The summed E-state index contributed by atoms with van der Waals surface area (Å²) in [7, 11) is 1.61. The second-order valence-electron chi connectivity index (χ2n) is 12.0. The van der Waals surface area contributed by atoms with Gasteiger partial charge in [0.15, 0.2) is 0 Å². The van der Waals surface area contributed by atoms with Crippen LogP contribution in [0.2, 0.25) is 0 Å². The van der Waals surface area contributed by atoms with E-state index in [-0.39, 0.29) is 29.8 Å². The number of amides is 3. The number of anilines is 1. The molecular weight excluding hydrogens is 530 g/mol. The van der Waals surface area contributed by atoms with E-state index in [1.807, 2.05) is 50.2 Å². The van der Waals surface area contributed by atoms with Crippen LogP contribution in [-0.4, -0.2) is 40.0 Å². The molecule has 5 rings (SSSR count). The summed E-state index contributed by atoms with van der Waals surface area (Å²) in [5.41, 5.74) is 1.96. The molecule has 42 heavy (non-hydrogen) atoms. The summed E-state index contributed by atoms with van der Waals surface area (Å²) < 4.78 is 7.36. The maximum absolute atomic E-state index is 14.1. The van der Waals surface area contributed by atoms with Crippen LogP contribution in [0.1, 0.15) is 60.9 Å². The molecule has 1 aliphatic heterocycles. The highest BCUT2D eigenvalue weighted by Gasteiger charge is 2.35. The summed E-state index contributed by atoms with van der Waals surface area (Å²) in [4.78, 5) is 56.3. The van der Waals surface area contributed by atoms with Crippen molar-refractivity contribution in [1.82, 2.24) is 9.47 Å². The molecule has 2 heterocycles. The van der Waals surface area contributed by atoms with E-state index in [9.17, 15) is 19.2 Å². The predicted octanol–water partition coefficient (Wildman–Crippen LogP) is 6.49. The van der Waals surface area contributed by atoms with E-state index in [1.54, 1.807) is 68.8 Å². The molecule has 8 nitrogen and oxygen atoms in total. The smallest absolute Gasteiger partial charge is 0.415 e. The SMILES string of the molecule is CC(C)Cn1c(N(C)C(=O)OC(C)(C)C)c(-c2ccccc2)c2cc(CN3C(=O)c4ccccc4C3=O)ccc2c1=O. The van der Waals surface area contributed by atoms with Crippen molar-refractivity contribution in [3.05, 3.63) is 99.8 Å². The van der Waals surface area contributed by atoms with Crippen molar-refractivity contribution in [3.63, 3.8) is 0 Å². The average Bonchev–Trinajstić information content (AvgIpc) is 3.18. The molecule has 0 atom stereocenters. The predicted molar refractivity (Wildman–Crippen MR) is 164 cm³/mol. The molecule has 0 saturated carbocycles. The lowest BCUT2D eigenvalue weighted by molar-refractivity contribution is 0.0584. The van der Waals surface area contributed by atoms with E-state index in [4.69, 9.17) is 4.74 Å². The van der Waals surface area contributed by atoms with Crippen LogP contribution in [0.5, 0.6) is 0 Å². The minimum Gasteiger partial charge on any atom is -0.443 e. The fraction of sp³-hybridized carbons (Fsp3) is 0.294. The molecule has 1 aliphatic rings. The summed E-state index contributed by atoms with van der Waals surface area (Å²) in [5.74, 6) is -0.171. The lowest BCUT2D eigenvalue weighted by Crippen LogP contribution is -2.38. The number of imide groups is 1. The number of ether oxygens (including phenoxy) is 1. The van der Waals surface area contributed by atoms with Gasteiger partial charge in [-0.15, -0.1) is 0 Å². The Kier molecular flexibility index (Phi) is 7.49. The Labute approximate surface area is 245 Å². The third kappa shape index (κ3) is 5.32. The van der Waals surface area contributed by atoms with Gasteiger partial charge in [0.2, 0.25) is 0 Å². The van der Waals surface area contributed by atoms with Gasteiger partial charge in [0.05, 0.1) is 17.7 Å². The Balaban J connectivity index is 1.73. The maximum atomic E-state index is 14.1. The molecule has 1 aromatic heterocycles. The standard InChI is InChI=1S/C34H35N3O5/c1-21(2)19-36-29(35(6)33(41)42-34(3,4)5)28(23-12-8-7-9-13-23)27-18-22(16-17-26(27)30(36)38)20-37-31(39)24-14-10-11-15-25(24)32(37)40/h7-18,21H,19-20H2,1-6H3. The number of benzene rings is 3. The molecule has 0 aliphatic carbocycles. The number of nitrogens with zero attached hydrogens (tertiary/aromatic N) is 3. The largest absolute Gasteiger partial charge is 0.443 e. The average molecular weight is 566 g/mol. The molecule has 0 spiro atoms. The quantitative estimate of drug-likeness (QED) is 0.249. The van der Waals surface area contributed by atoms with Gasteiger partial charge in [-0.25, -0.2) is 4.79 Å². The minimum atomic E-state index is -0.738. The first-order valence-electron chi connectivity index (χ1n) is 14.0. The number of rotatable bonds is 6. The van der Waals surface area contributed by atoms with Crippen molar-refractivity contribution >= 4 is 34.5 Å². The third-order valence-electron chi connectivity index (χ3n) is 7.12. The number of pyridine rings is 1. The third-order valence-corrected chi connectivity index (χ3v) is 7.12. The molecule has 0 bridgehead atoms. The van der Waals surface area contributed by atoms with Gasteiger partial charge >= 0.3 is 6.09 Å². The van der Waals surface area contributed by atoms with Gasteiger partial charge in [-0.2, -0.15) is 0 Å². The second kappa shape index (κ2) is 10.9. The minimum absolute atomic E-state index is 0.0445. The highest BCUT2D eigenvalue weighted by Crippen LogP contribution is 2.37. The first kappa shape index (κ1) is 28.8. The van der Waals surface area contributed by atoms with E-state index in [2.05, 4.69) is 0 Å². The molecule has 4 aromatic rings. The normalized spacial score (nSPS) is 13.2. The first-order chi connectivity index (χ1) is 19.9. The van der Waals surface area contributed by atoms with E-state index in [1.165, 1.54) is 9.80 Å². The lowest BCUT2D eigenvalue weighted by atomic mass is 9.96. The topological polar surface area (TPSA) is 88.9 Å². The highest BCUT2D eigenvalue weighted by atomic mass is 16.6. The van der Waals surface area contributed by atoms with Crippen LogP contribution in [0.3, 0.4) is 0 Å². The van der Waals surface area contributed by atoms with E-state index in [0.717, 1.165) is 5.56 Å². The van der Waals surface area contributed by atoms with Crippen molar-refractivity contribution < 1.29 is 19.1 Å². The molecular formula is C34H35N3O5. The summed E-state index contributed by atoms with van der Waals surface area (Å²) in [6, 6.07) is 21.7. The molecule has 8 heteroatoms. The van der Waals surface area contributed by atoms with Gasteiger partial charge in [-0.1, -0.05) is 62.4 Å². The Hall–Kier alpha value is -4.72. The van der Waals surface area contributed by atoms with Crippen LogP contribution in [0.4, 0.5) is 10.6 Å². The first-order valence-corrected chi connectivity index (χ1v) is 14.0. The van der Waals surface area contributed by atoms with E-state index in [0.29, 0.717) is 45.4 Å². The molecule has 216 valence electrons. The van der Waals surface area contributed by atoms with Crippen molar-refractivity contribution in [1.29, 1.82) is 0 Å². The monoisotopic (exact) mass is 565 g/mol. The molecule has 3 amide bonds. The van der Waals surface area contributed by atoms with E-state index >= 15 is 0 Å². The molecule has 3 aromatic carbocycles. The fourth-order valence-electron chi connectivity index (χ4n) is 5.33. The summed E-state index contributed by atoms with van der Waals surface area (Å²) >= 11 is 0. The number of carbonyl (C=O) groups excluding carboxylic acids is 3. The molecule has 0 fully saturated rings. The zero-order valence-electron chi connectivity index (χ0n) is 24.8. The van der Waals surface area contributed by atoms with Crippen molar-refractivity contribution in [2.75, 3.05) is 11.9 Å². The van der Waals surface area contributed by atoms with E-state index < -0.39 is 11.7 Å². The number of fused-ring (bicyclic) bond motifs is 2. The van der Waals surface area contributed by atoms with Gasteiger partial charge in [0, 0.05) is 24.5 Å². The van der Waals surface area contributed by atoms with Gasteiger partial charge in [-0.3, -0.25) is 28.8 Å². The summed E-state index contributed by atoms with van der Waals surface area (Å²) in [5, 5.41) is 1.09. The van der Waals surface area contributed by atoms with Crippen molar-refractivity contribution in [2.45, 2.75) is 53.3 Å². The number of hydrogen-bond acceptors (Lipinski definition) is 5. The van der Waals surface area contributed by atoms with Crippen LogP contribution in [0, 0.1) is 5.92 Å². The van der Waals surface area contributed by atoms with Gasteiger partial charge in [0.25, 0.3) is 17.4 Å². The van der Waals surface area contributed by atoms with Crippen LogP contribution in [-0.2, 0) is 17.8 Å². The maximum Gasteiger partial charge on any atom is 0.415 e. The lowest BCUT2D eigenvalue weighted by Gasteiger charge is -2.29. The molecule has 0 radical (unpaired) electrons. The second-order valence-corrected chi connectivity index (χ2v) is 12.0. The van der Waals surface area contributed by atoms with Gasteiger partial charge < -0.3 is 4.74 Å². The van der Waals surface area contributed by atoms with Crippen LogP contribution in [0.15, 0.2) is 77.6 Å². The zero-order valence-corrected chi connectivity index (χ0v) is 24.8. The highest BCUT2D eigenvalue weighted by molar-refractivity contribution is 6.21. The van der Waals surface area contributed by atoms with Crippen LogP contribution >= 0.6 is 0 Å². The Morgan fingerprint density at radius 1 is 0.857 bits per heavy atom. The Morgan fingerprint density at radius 3 is 2.02 bits per heavy atom. The van der Waals surface area contributed by atoms with Gasteiger partial charge in [0.1, 0.15) is 11.4 Å². The number of aromatic nitrogens is 1. The van der Waals surface area contributed by atoms with Gasteiger partial charge in [-0.05, 0) is 67.5 Å². The molecule has 0 N–H and O–H groups in total. The summed E-state index contributed by atoms with van der Waals surface area (Å²) in [6.07, 6.45) is -0.585. The number of hydrogen-bond donors (Lipinski definition) is 0. The fourth-order valence-corrected chi connectivity index (χ4v) is 5.33. The molecule has 0 saturated heterocycles. The van der Waals surface area contributed by atoms with Crippen LogP contribution in [0.25, 0.3) is 21.9 Å². The van der Waals surface area contributed by atoms with Crippen LogP contribution < -0.4 is 10.5 Å².